The number of carbonyl (C=O) groups is 1. The van der Waals surface area contributed by atoms with Gasteiger partial charge in [0.25, 0.3) is 0 Å². The third-order valence-electron chi connectivity index (χ3n) is 6.92. The van der Waals surface area contributed by atoms with Crippen LogP contribution in [0.2, 0.25) is 0 Å². The van der Waals surface area contributed by atoms with E-state index in [0.717, 1.165) is 51.2 Å². The van der Waals surface area contributed by atoms with Gasteiger partial charge in [-0.1, -0.05) is 24.3 Å². The lowest BCUT2D eigenvalue weighted by molar-refractivity contribution is -0.122. The van der Waals surface area contributed by atoms with Crippen LogP contribution in [-0.4, -0.2) is 41.0 Å². The van der Waals surface area contributed by atoms with E-state index in [-0.39, 0.29) is 17.4 Å². The lowest BCUT2D eigenvalue weighted by Crippen LogP contribution is -2.50. The van der Waals surface area contributed by atoms with Crippen molar-refractivity contribution in [2.75, 3.05) is 19.6 Å². The number of ether oxygens (including phenoxy) is 1. The minimum atomic E-state index is -0.152. The fourth-order valence-corrected chi connectivity index (χ4v) is 4.98. The van der Waals surface area contributed by atoms with E-state index in [1.807, 2.05) is 24.5 Å². The summed E-state index contributed by atoms with van der Waals surface area (Å²) in [5, 5.41) is 3.15. The molecule has 5 nitrogen and oxygen atoms in total. The van der Waals surface area contributed by atoms with Crippen molar-refractivity contribution in [1.29, 1.82) is 0 Å². The maximum absolute atomic E-state index is 12.6. The molecule has 1 atom stereocenters. The van der Waals surface area contributed by atoms with Crippen molar-refractivity contribution in [2.45, 2.75) is 56.6 Å². The van der Waals surface area contributed by atoms with Gasteiger partial charge in [-0.05, 0) is 61.3 Å². The molecule has 5 heteroatoms. The smallest absolute Gasteiger partial charge is 0.220 e. The fourth-order valence-electron chi connectivity index (χ4n) is 4.98. The number of hydrogen-bond acceptors (Lipinski definition) is 4. The van der Waals surface area contributed by atoms with Gasteiger partial charge in [-0.3, -0.25) is 14.7 Å². The molecule has 3 aliphatic rings. The van der Waals surface area contributed by atoms with Gasteiger partial charge in [0.2, 0.25) is 5.91 Å². The third kappa shape index (κ3) is 4.51. The summed E-state index contributed by atoms with van der Waals surface area (Å²) >= 11 is 0. The Balaban J connectivity index is 1.25. The van der Waals surface area contributed by atoms with E-state index in [1.54, 1.807) is 0 Å². The minimum absolute atomic E-state index is 0.152. The molecule has 0 radical (unpaired) electrons. The summed E-state index contributed by atoms with van der Waals surface area (Å²) < 4.78 is 6.61. The zero-order chi connectivity index (χ0) is 20.4. The Kier molecular flexibility index (Phi) is 5.47. The average molecular weight is 406 g/mol. The van der Waals surface area contributed by atoms with Crippen LogP contribution in [0, 0.1) is 5.92 Å². The van der Waals surface area contributed by atoms with Gasteiger partial charge in [0, 0.05) is 50.9 Å². The molecular weight excluding hydrogens is 374 g/mol. The zero-order valence-electron chi connectivity index (χ0n) is 17.6. The van der Waals surface area contributed by atoms with Crippen molar-refractivity contribution in [1.82, 2.24) is 15.2 Å². The second-order valence-corrected chi connectivity index (χ2v) is 9.31. The zero-order valence-corrected chi connectivity index (χ0v) is 17.6. The highest BCUT2D eigenvalue weighted by molar-refractivity contribution is 5.77. The highest BCUT2D eigenvalue weighted by Crippen LogP contribution is 2.46. The van der Waals surface area contributed by atoms with Crippen molar-refractivity contribution in [3.05, 3.63) is 59.9 Å². The number of aromatic nitrogens is 1. The second-order valence-electron chi connectivity index (χ2n) is 9.31. The number of para-hydroxylation sites is 1. The molecule has 1 amide bonds. The minimum Gasteiger partial charge on any atom is -0.487 e. The summed E-state index contributed by atoms with van der Waals surface area (Å²) in [7, 11) is 0. The molecule has 158 valence electrons. The maximum Gasteiger partial charge on any atom is 0.220 e. The van der Waals surface area contributed by atoms with Gasteiger partial charge in [0.15, 0.2) is 0 Å². The van der Waals surface area contributed by atoms with Crippen LogP contribution < -0.4 is 10.1 Å². The van der Waals surface area contributed by atoms with Crippen molar-refractivity contribution < 1.29 is 9.53 Å². The van der Waals surface area contributed by atoms with Crippen molar-refractivity contribution in [3.8, 4) is 5.75 Å². The number of nitrogens with zero attached hydrogens (tertiary/aromatic N) is 2. The topological polar surface area (TPSA) is 54.5 Å². The van der Waals surface area contributed by atoms with Crippen LogP contribution >= 0.6 is 0 Å². The third-order valence-corrected chi connectivity index (χ3v) is 6.92. The van der Waals surface area contributed by atoms with Gasteiger partial charge < -0.3 is 10.1 Å². The summed E-state index contributed by atoms with van der Waals surface area (Å²) in [6.45, 7) is 3.81. The van der Waals surface area contributed by atoms with Crippen molar-refractivity contribution in [2.24, 2.45) is 5.92 Å². The highest BCUT2D eigenvalue weighted by atomic mass is 16.5. The SMILES string of the molecule is O=C(C[C@@H]1CC2(CCN(Cc3cccnc3)CC2)Oc2ccccc21)NCC1CC1. The number of likely N-dealkylation sites (tertiary alicyclic amines) is 1. The number of piperidine rings is 1. The largest absolute Gasteiger partial charge is 0.487 e. The van der Waals surface area contributed by atoms with Crippen LogP contribution in [0.1, 0.15) is 55.6 Å². The van der Waals surface area contributed by atoms with Crippen LogP contribution in [-0.2, 0) is 11.3 Å². The van der Waals surface area contributed by atoms with Gasteiger partial charge in [-0.15, -0.1) is 0 Å². The molecule has 1 saturated heterocycles. The van der Waals surface area contributed by atoms with E-state index in [4.69, 9.17) is 4.74 Å². The molecule has 30 heavy (non-hydrogen) atoms. The molecule has 0 unspecified atom stereocenters. The first kappa shape index (κ1) is 19.6. The summed E-state index contributed by atoms with van der Waals surface area (Å²) in [5.74, 6) is 2.11. The number of fused-ring (bicyclic) bond motifs is 1. The van der Waals surface area contributed by atoms with Gasteiger partial charge in [-0.2, -0.15) is 0 Å². The molecule has 0 bridgehead atoms. The first-order valence-electron chi connectivity index (χ1n) is 11.4. The van der Waals surface area contributed by atoms with Crippen molar-refractivity contribution >= 4 is 5.91 Å². The molecule has 1 aromatic heterocycles. The Morgan fingerprint density at radius 2 is 2.00 bits per heavy atom. The van der Waals surface area contributed by atoms with E-state index in [2.05, 4.69) is 39.5 Å². The molecule has 3 heterocycles. The second kappa shape index (κ2) is 8.38. The van der Waals surface area contributed by atoms with Crippen LogP contribution in [0.4, 0.5) is 0 Å². The molecular formula is C25H31N3O2. The first-order chi connectivity index (χ1) is 14.7. The number of nitrogens with one attached hydrogen (secondary N) is 1. The number of hydrogen-bond donors (Lipinski definition) is 1. The summed E-state index contributed by atoms with van der Waals surface area (Å²) in [4.78, 5) is 19.3. The number of amides is 1. The van der Waals surface area contributed by atoms with E-state index >= 15 is 0 Å². The lowest BCUT2D eigenvalue weighted by Gasteiger charge is -2.47. The van der Waals surface area contributed by atoms with Crippen LogP contribution in [0.3, 0.4) is 0 Å². The maximum atomic E-state index is 12.6. The van der Waals surface area contributed by atoms with E-state index in [9.17, 15) is 4.79 Å². The monoisotopic (exact) mass is 405 g/mol. The summed E-state index contributed by atoms with van der Waals surface area (Å²) in [5.41, 5.74) is 2.30. The van der Waals surface area contributed by atoms with Crippen LogP contribution in [0.15, 0.2) is 48.8 Å². The predicted molar refractivity (Wildman–Crippen MR) is 116 cm³/mol. The molecule has 2 aromatic rings. The average Bonchev–Trinajstić information content (AvgIpc) is 3.60. The fraction of sp³-hybridized carbons (Fsp3) is 0.520. The first-order valence-corrected chi connectivity index (χ1v) is 11.4. The van der Waals surface area contributed by atoms with E-state index in [0.29, 0.717) is 12.3 Å². The summed E-state index contributed by atoms with van der Waals surface area (Å²) in [6, 6.07) is 12.5. The Morgan fingerprint density at radius 1 is 1.17 bits per heavy atom. The van der Waals surface area contributed by atoms with E-state index in [1.165, 1.54) is 24.0 Å². The van der Waals surface area contributed by atoms with E-state index < -0.39 is 0 Å². The van der Waals surface area contributed by atoms with Gasteiger partial charge in [0.05, 0.1) is 0 Å². The summed E-state index contributed by atoms with van der Waals surface area (Å²) in [6.07, 6.45) is 9.80. The van der Waals surface area contributed by atoms with Crippen LogP contribution in [0.5, 0.6) is 5.75 Å². The molecule has 1 saturated carbocycles. The Morgan fingerprint density at radius 3 is 2.77 bits per heavy atom. The molecule has 5 rings (SSSR count). The molecule has 1 aliphatic carbocycles. The van der Waals surface area contributed by atoms with Gasteiger partial charge in [0.1, 0.15) is 11.4 Å². The number of rotatable bonds is 6. The highest BCUT2D eigenvalue weighted by Gasteiger charge is 2.43. The molecule has 2 aliphatic heterocycles. The standard InChI is InChI=1S/C25H31N3O2/c29-24(27-17-19-7-8-19)14-21-15-25(30-23-6-2-1-5-22(21)23)9-12-28(13-10-25)18-20-4-3-11-26-16-20/h1-6,11,16,19,21H,7-10,12-15,17-18H2,(H,27,29)/t21-/m1/s1. The normalized spacial score (nSPS) is 22.9. The number of benzene rings is 1. The predicted octanol–water partition coefficient (Wildman–Crippen LogP) is 3.90. The number of pyridine rings is 1. The van der Waals surface area contributed by atoms with Crippen molar-refractivity contribution in [3.63, 3.8) is 0 Å². The Hall–Kier alpha value is -2.40. The molecule has 1 spiro atoms. The number of carbonyl (C=O) groups excluding carboxylic acids is 1. The van der Waals surface area contributed by atoms with Gasteiger partial charge >= 0.3 is 0 Å². The molecule has 1 N–H and O–H groups in total. The molecule has 2 fully saturated rings. The Labute approximate surface area is 178 Å². The van der Waals surface area contributed by atoms with Gasteiger partial charge in [-0.25, -0.2) is 0 Å². The van der Waals surface area contributed by atoms with Crippen LogP contribution in [0.25, 0.3) is 0 Å². The quantitative estimate of drug-likeness (QED) is 0.792. The lowest BCUT2D eigenvalue weighted by atomic mass is 9.76. The molecule has 1 aromatic carbocycles. The Bertz CT molecular complexity index is 873.